The molecule has 2 heterocycles. The lowest BCUT2D eigenvalue weighted by Gasteiger charge is -2.27. The van der Waals surface area contributed by atoms with Crippen molar-refractivity contribution in [1.82, 2.24) is 16.0 Å². The van der Waals surface area contributed by atoms with Crippen LogP contribution in [0.15, 0.2) is 65.7 Å². The number of nitrogens with one attached hydrogen (secondary N) is 3. The molecule has 0 radical (unpaired) electrons. The van der Waals surface area contributed by atoms with Gasteiger partial charge in [-0.05, 0) is 11.1 Å². The van der Waals surface area contributed by atoms with Gasteiger partial charge in [-0.3, -0.25) is 15.1 Å². The smallest absolute Gasteiger partial charge is 0.322 e. The molecule has 0 saturated carbocycles. The van der Waals surface area contributed by atoms with Crippen molar-refractivity contribution in [1.29, 1.82) is 0 Å². The fourth-order valence-electron chi connectivity index (χ4n) is 2.73. The van der Waals surface area contributed by atoms with Crippen LogP contribution in [0.4, 0.5) is 4.79 Å². The molecule has 6 nitrogen and oxygen atoms in total. The number of benzene rings is 2. The fraction of sp³-hybridized carbons (Fsp3) is 0.167. The van der Waals surface area contributed by atoms with E-state index in [9.17, 15) is 9.59 Å². The summed E-state index contributed by atoms with van der Waals surface area (Å²) in [6.45, 7) is 1.99. The van der Waals surface area contributed by atoms with Crippen molar-refractivity contribution in [3.05, 3.63) is 71.8 Å². The minimum absolute atomic E-state index is 0.352. The highest BCUT2D eigenvalue weighted by atomic mass is 16.2. The minimum Gasteiger partial charge on any atom is -0.375 e. The Bertz CT molecular complexity index is 699. The molecule has 1 fully saturated rings. The molecule has 2 aromatic carbocycles. The highest BCUT2D eigenvalue weighted by molar-refractivity contribution is 6.09. The van der Waals surface area contributed by atoms with Crippen molar-refractivity contribution in [2.24, 2.45) is 4.99 Å². The summed E-state index contributed by atoms with van der Waals surface area (Å²) in [5, 5.41) is 8.00. The zero-order valence-electron chi connectivity index (χ0n) is 13.0. The van der Waals surface area contributed by atoms with Gasteiger partial charge < -0.3 is 10.6 Å². The number of rotatable bonds is 2. The van der Waals surface area contributed by atoms with Crippen LogP contribution < -0.4 is 16.0 Å². The summed E-state index contributed by atoms with van der Waals surface area (Å²) < 4.78 is 0. The maximum atomic E-state index is 12.3. The van der Waals surface area contributed by atoms with Gasteiger partial charge in [0.05, 0.1) is 12.9 Å². The summed E-state index contributed by atoms with van der Waals surface area (Å²) in [4.78, 5) is 27.7. The molecular formula is C18H18N4O2. The maximum absolute atomic E-state index is 12.3. The van der Waals surface area contributed by atoms with Gasteiger partial charge in [0, 0.05) is 6.54 Å². The normalized spacial score (nSPS) is 17.3. The second-order valence-electron chi connectivity index (χ2n) is 5.38. The average Bonchev–Trinajstić information content (AvgIpc) is 3.29. The predicted octanol–water partition coefficient (Wildman–Crippen LogP) is 1.39. The maximum Gasteiger partial charge on any atom is 0.322 e. The van der Waals surface area contributed by atoms with Crippen LogP contribution in [0.3, 0.4) is 0 Å². The zero-order valence-corrected chi connectivity index (χ0v) is 13.0. The van der Waals surface area contributed by atoms with Gasteiger partial charge in [-0.1, -0.05) is 60.7 Å². The van der Waals surface area contributed by atoms with E-state index in [1.54, 1.807) is 6.34 Å². The van der Waals surface area contributed by atoms with Gasteiger partial charge in [-0.25, -0.2) is 4.79 Å². The van der Waals surface area contributed by atoms with E-state index in [4.69, 9.17) is 0 Å². The molecule has 0 atom stereocenters. The Kier molecular flexibility index (Phi) is 4.56. The van der Waals surface area contributed by atoms with E-state index in [1.165, 1.54) is 0 Å². The highest BCUT2D eigenvalue weighted by Crippen LogP contribution is 2.32. The van der Waals surface area contributed by atoms with Gasteiger partial charge in [0.1, 0.15) is 0 Å². The molecule has 0 aromatic heterocycles. The number of imide groups is 1. The molecule has 6 heteroatoms. The molecule has 4 rings (SSSR count). The molecule has 0 aliphatic carbocycles. The molecule has 2 aliphatic rings. The number of aliphatic imine (C=N–C) groups is 1. The first-order valence-corrected chi connectivity index (χ1v) is 7.70. The van der Waals surface area contributed by atoms with Gasteiger partial charge in [-0.15, -0.1) is 0 Å². The van der Waals surface area contributed by atoms with E-state index in [0.717, 1.165) is 24.2 Å². The predicted molar refractivity (Wildman–Crippen MR) is 91.7 cm³/mol. The van der Waals surface area contributed by atoms with Crippen molar-refractivity contribution < 1.29 is 9.59 Å². The topological polar surface area (TPSA) is 82.6 Å². The quantitative estimate of drug-likeness (QED) is 0.731. The molecule has 0 bridgehead atoms. The van der Waals surface area contributed by atoms with E-state index in [1.807, 2.05) is 60.7 Å². The van der Waals surface area contributed by atoms with Crippen molar-refractivity contribution in [3.8, 4) is 0 Å². The van der Waals surface area contributed by atoms with E-state index >= 15 is 0 Å². The zero-order chi connectivity index (χ0) is 16.8. The number of amides is 3. The van der Waals surface area contributed by atoms with Crippen LogP contribution in [0.1, 0.15) is 11.1 Å². The van der Waals surface area contributed by atoms with E-state index < -0.39 is 11.6 Å². The van der Waals surface area contributed by atoms with Gasteiger partial charge in [0.2, 0.25) is 0 Å². The Morgan fingerprint density at radius 3 is 1.79 bits per heavy atom. The summed E-state index contributed by atoms with van der Waals surface area (Å²) >= 11 is 0. The van der Waals surface area contributed by atoms with Gasteiger partial charge in [0.15, 0.2) is 5.54 Å². The molecule has 3 N–H and O–H groups in total. The highest BCUT2D eigenvalue weighted by Gasteiger charge is 2.48. The molecule has 1 saturated heterocycles. The van der Waals surface area contributed by atoms with E-state index in [2.05, 4.69) is 20.9 Å². The lowest BCUT2D eigenvalue weighted by Crippen LogP contribution is -2.44. The number of carbonyl (C=O) groups is 2. The Morgan fingerprint density at radius 2 is 1.46 bits per heavy atom. The SMILES string of the molecule is C1=NCCN1.O=C1NC(=O)C(c2ccccc2)(c2ccccc2)N1. The lowest BCUT2D eigenvalue weighted by atomic mass is 9.83. The lowest BCUT2D eigenvalue weighted by molar-refractivity contribution is -0.122. The van der Waals surface area contributed by atoms with Gasteiger partial charge in [-0.2, -0.15) is 0 Å². The minimum atomic E-state index is -1.14. The van der Waals surface area contributed by atoms with Gasteiger partial charge >= 0.3 is 6.03 Å². The van der Waals surface area contributed by atoms with E-state index in [0.29, 0.717) is 0 Å². The summed E-state index contributed by atoms with van der Waals surface area (Å²) in [5.41, 5.74) is 0.341. The molecule has 0 unspecified atom stereocenters. The van der Waals surface area contributed by atoms with Crippen LogP contribution in [0, 0.1) is 0 Å². The molecule has 2 aromatic rings. The number of carbonyl (C=O) groups excluding carboxylic acids is 2. The van der Waals surface area contributed by atoms with Crippen molar-refractivity contribution in [2.75, 3.05) is 13.1 Å². The average molecular weight is 322 g/mol. The van der Waals surface area contributed by atoms with Crippen LogP contribution in [-0.2, 0) is 10.3 Å². The summed E-state index contributed by atoms with van der Waals surface area (Å²) in [6, 6.07) is 18.0. The van der Waals surface area contributed by atoms with Crippen molar-refractivity contribution >= 4 is 18.3 Å². The van der Waals surface area contributed by atoms with Crippen LogP contribution in [0.25, 0.3) is 0 Å². The Morgan fingerprint density at radius 1 is 0.875 bits per heavy atom. The number of hydrogen-bond acceptors (Lipinski definition) is 4. The third-order valence-corrected chi connectivity index (χ3v) is 3.85. The summed E-state index contributed by atoms with van der Waals surface area (Å²) in [5.74, 6) is -0.352. The second-order valence-corrected chi connectivity index (χ2v) is 5.38. The first kappa shape index (κ1) is 15.7. The first-order valence-electron chi connectivity index (χ1n) is 7.70. The number of nitrogens with zero attached hydrogens (tertiary/aromatic N) is 1. The van der Waals surface area contributed by atoms with E-state index in [-0.39, 0.29) is 5.91 Å². The molecular weight excluding hydrogens is 304 g/mol. The largest absolute Gasteiger partial charge is 0.375 e. The van der Waals surface area contributed by atoms with Gasteiger partial charge in [0.25, 0.3) is 5.91 Å². The first-order chi connectivity index (χ1) is 11.7. The Labute approximate surface area is 140 Å². The fourth-order valence-corrected chi connectivity index (χ4v) is 2.73. The molecule has 24 heavy (non-hydrogen) atoms. The summed E-state index contributed by atoms with van der Waals surface area (Å²) in [6.07, 6.45) is 1.74. The molecule has 0 spiro atoms. The second kappa shape index (κ2) is 6.95. The molecule has 122 valence electrons. The number of hydrogen-bond donors (Lipinski definition) is 3. The van der Waals surface area contributed by atoms with Crippen LogP contribution in [0.2, 0.25) is 0 Å². The summed E-state index contributed by atoms with van der Waals surface area (Å²) in [7, 11) is 0. The van der Waals surface area contributed by atoms with Crippen LogP contribution in [-0.4, -0.2) is 31.4 Å². The van der Waals surface area contributed by atoms with Crippen LogP contribution in [0.5, 0.6) is 0 Å². The molecule has 2 aliphatic heterocycles. The number of urea groups is 1. The third-order valence-electron chi connectivity index (χ3n) is 3.85. The monoisotopic (exact) mass is 322 g/mol. The third kappa shape index (κ3) is 2.99. The Balaban J connectivity index is 0.000000290. The van der Waals surface area contributed by atoms with Crippen LogP contribution >= 0.6 is 0 Å². The van der Waals surface area contributed by atoms with Crippen molar-refractivity contribution in [2.45, 2.75) is 5.54 Å². The van der Waals surface area contributed by atoms with Crippen molar-refractivity contribution in [3.63, 3.8) is 0 Å². The standard InChI is InChI=1S/C15H12N2O2.C3H6N2/c18-13-15(17-14(19)16-13,11-7-3-1-4-8-11)12-9-5-2-6-10-12;1-2-5-3-4-1/h1-10H,(H2,16,17,18,19);3H,1-2H2,(H,4,5). The Hall–Kier alpha value is -3.15. The molecule has 3 amide bonds.